The molecule has 0 fully saturated rings. The molecule has 0 aliphatic carbocycles. The summed E-state index contributed by atoms with van der Waals surface area (Å²) >= 11 is 6.10. The van der Waals surface area contributed by atoms with Crippen LogP contribution in [0, 0.1) is 6.92 Å². The Morgan fingerprint density at radius 1 is 1.06 bits per heavy atom. The van der Waals surface area contributed by atoms with Crippen molar-refractivity contribution in [1.29, 1.82) is 0 Å². The fraction of sp³-hybridized carbons (Fsp3) is 0.133. The van der Waals surface area contributed by atoms with Crippen molar-refractivity contribution in [3.05, 3.63) is 58.6 Å². The third-order valence-electron chi connectivity index (χ3n) is 2.77. The Labute approximate surface area is 106 Å². The number of hydrogen-bond acceptors (Lipinski definition) is 1. The standard InChI is InChI=1S/C15H13ClO/c1-10-6-7-14(9-15(10)16)13-5-3-4-12(8-13)11(2)17/h3-9H,1-2H3. The lowest BCUT2D eigenvalue weighted by molar-refractivity contribution is 0.101. The minimum absolute atomic E-state index is 0.0741. The zero-order valence-corrected chi connectivity index (χ0v) is 10.6. The monoisotopic (exact) mass is 244 g/mol. The van der Waals surface area contributed by atoms with Crippen LogP contribution in [0.5, 0.6) is 0 Å². The molecule has 0 saturated heterocycles. The lowest BCUT2D eigenvalue weighted by atomic mass is 10.0. The van der Waals surface area contributed by atoms with Crippen LogP contribution in [0.2, 0.25) is 5.02 Å². The molecule has 86 valence electrons. The number of rotatable bonds is 2. The van der Waals surface area contributed by atoms with Crippen molar-refractivity contribution < 1.29 is 4.79 Å². The van der Waals surface area contributed by atoms with Gasteiger partial charge in [0.2, 0.25) is 0 Å². The van der Waals surface area contributed by atoms with Gasteiger partial charge in [-0.3, -0.25) is 4.79 Å². The molecule has 0 aromatic heterocycles. The quantitative estimate of drug-likeness (QED) is 0.710. The van der Waals surface area contributed by atoms with Gasteiger partial charge in [-0.1, -0.05) is 41.9 Å². The molecule has 0 amide bonds. The molecule has 0 aliphatic heterocycles. The van der Waals surface area contributed by atoms with Gasteiger partial charge in [-0.15, -0.1) is 0 Å². The van der Waals surface area contributed by atoms with Crippen molar-refractivity contribution >= 4 is 17.4 Å². The van der Waals surface area contributed by atoms with E-state index in [0.29, 0.717) is 0 Å². The molecule has 2 heteroatoms. The molecule has 17 heavy (non-hydrogen) atoms. The van der Waals surface area contributed by atoms with Crippen LogP contribution in [0.4, 0.5) is 0 Å². The summed E-state index contributed by atoms with van der Waals surface area (Å²) in [6.45, 7) is 3.54. The summed E-state index contributed by atoms with van der Waals surface area (Å²) in [6.07, 6.45) is 0. The second-order valence-electron chi connectivity index (χ2n) is 4.10. The fourth-order valence-corrected chi connectivity index (χ4v) is 1.87. The van der Waals surface area contributed by atoms with Crippen LogP contribution in [0.3, 0.4) is 0 Å². The smallest absolute Gasteiger partial charge is 0.159 e. The summed E-state index contributed by atoms with van der Waals surface area (Å²) < 4.78 is 0. The predicted molar refractivity (Wildman–Crippen MR) is 71.6 cm³/mol. The average Bonchev–Trinajstić information content (AvgIpc) is 2.33. The molecule has 0 atom stereocenters. The minimum Gasteiger partial charge on any atom is -0.295 e. The van der Waals surface area contributed by atoms with Gasteiger partial charge in [-0.2, -0.15) is 0 Å². The van der Waals surface area contributed by atoms with Gasteiger partial charge in [0.1, 0.15) is 0 Å². The van der Waals surface area contributed by atoms with Gasteiger partial charge in [0, 0.05) is 10.6 Å². The van der Waals surface area contributed by atoms with Crippen LogP contribution >= 0.6 is 11.6 Å². The van der Waals surface area contributed by atoms with Crippen LogP contribution in [0.25, 0.3) is 11.1 Å². The number of halogens is 1. The van der Waals surface area contributed by atoms with Crippen LogP contribution in [-0.2, 0) is 0 Å². The van der Waals surface area contributed by atoms with Crippen molar-refractivity contribution in [2.24, 2.45) is 0 Å². The highest BCUT2D eigenvalue weighted by Crippen LogP contribution is 2.25. The van der Waals surface area contributed by atoms with Gasteiger partial charge in [0.05, 0.1) is 0 Å². The van der Waals surface area contributed by atoms with E-state index in [2.05, 4.69) is 0 Å². The third-order valence-corrected chi connectivity index (χ3v) is 3.18. The first kappa shape index (κ1) is 11.9. The molecule has 0 aliphatic rings. The first-order chi connectivity index (χ1) is 8.08. The number of carbonyl (C=O) groups excluding carboxylic acids is 1. The summed E-state index contributed by atoms with van der Waals surface area (Å²) in [4.78, 5) is 11.3. The van der Waals surface area contributed by atoms with E-state index in [0.717, 1.165) is 27.3 Å². The maximum atomic E-state index is 11.3. The summed E-state index contributed by atoms with van der Waals surface area (Å²) in [5, 5.41) is 0.746. The molecule has 0 N–H and O–H groups in total. The Bertz CT molecular complexity index is 573. The van der Waals surface area contributed by atoms with E-state index in [9.17, 15) is 4.79 Å². The Kier molecular flexibility index (Phi) is 3.30. The zero-order chi connectivity index (χ0) is 12.4. The molecule has 0 saturated carbocycles. The highest BCUT2D eigenvalue weighted by atomic mass is 35.5. The van der Waals surface area contributed by atoms with Crippen molar-refractivity contribution in [3.8, 4) is 11.1 Å². The Morgan fingerprint density at radius 2 is 1.76 bits per heavy atom. The van der Waals surface area contributed by atoms with E-state index in [-0.39, 0.29) is 5.78 Å². The topological polar surface area (TPSA) is 17.1 Å². The van der Waals surface area contributed by atoms with Gasteiger partial charge in [0.15, 0.2) is 5.78 Å². The lowest BCUT2D eigenvalue weighted by Gasteiger charge is -2.05. The maximum Gasteiger partial charge on any atom is 0.159 e. The number of aryl methyl sites for hydroxylation is 1. The van der Waals surface area contributed by atoms with Gasteiger partial charge in [-0.25, -0.2) is 0 Å². The normalized spacial score (nSPS) is 10.3. The van der Waals surface area contributed by atoms with Crippen molar-refractivity contribution in [2.75, 3.05) is 0 Å². The summed E-state index contributed by atoms with van der Waals surface area (Å²) in [5.41, 5.74) is 3.82. The van der Waals surface area contributed by atoms with Gasteiger partial charge >= 0.3 is 0 Å². The number of hydrogen-bond donors (Lipinski definition) is 0. The van der Waals surface area contributed by atoms with Gasteiger partial charge in [-0.05, 0) is 42.7 Å². The molecule has 2 rings (SSSR count). The molecule has 1 nitrogen and oxygen atoms in total. The van der Waals surface area contributed by atoms with E-state index in [4.69, 9.17) is 11.6 Å². The zero-order valence-electron chi connectivity index (χ0n) is 9.83. The largest absolute Gasteiger partial charge is 0.295 e. The molecular formula is C15H13ClO. The van der Waals surface area contributed by atoms with E-state index in [1.54, 1.807) is 6.92 Å². The van der Waals surface area contributed by atoms with Crippen LogP contribution in [0.1, 0.15) is 22.8 Å². The first-order valence-corrected chi connectivity index (χ1v) is 5.83. The molecule has 0 radical (unpaired) electrons. The van der Waals surface area contributed by atoms with Crippen LogP contribution in [0.15, 0.2) is 42.5 Å². The number of ketones is 1. The molecule has 0 bridgehead atoms. The van der Waals surface area contributed by atoms with Crippen molar-refractivity contribution in [1.82, 2.24) is 0 Å². The molecular weight excluding hydrogens is 232 g/mol. The number of benzene rings is 2. The second kappa shape index (κ2) is 4.72. The Morgan fingerprint density at radius 3 is 2.41 bits per heavy atom. The average molecular weight is 245 g/mol. The first-order valence-electron chi connectivity index (χ1n) is 5.45. The minimum atomic E-state index is 0.0741. The van der Waals surface area contributed by atoms with E-state index in [1.165, 1.54) is 0 Å². The molecule has 0 heterocycles. The highest BCUT2D eigenvalue weighted by molar-refractivity contribution is 6.31. The van der Waals surface area contributed by atoms with E-state index < -0.39 is 0 Å². The lowest BCUT2D eigenvalue weighted by Crippen LogP contribution is -1.91. The summed E-state index contributed by atoms with van der Waals surface area (Å²) in [6, 6.07) is 13.5. The predicted octanol–water partition coefficient (Wildman–Crippen LogP) is 4.52. The van der Waals surface area contributed by atoms with Crippen molar-refractivity contribution in [2.45, 2.75) is 13.8 Å². The van der Waals surface area contributed by atoms with Crippen molar-refractivity contribution in [3.63, 3.8) is 0 Å². The third kappa shape index (κ3) is 2.56. The van der Waals surface area contributed by atoms with Crippen LogP contribution < -0.4 is 0 Å². The SMILES string of the molecule is CC(=O)c1cccc(-c2ccc(C)c(Cl)c2)c1. The molecule has 0 unspecified atom stereocenters. The van der Waals surface area contributed by atoms with Gasteiger partial charge < -0.3 is 0 Å². The summed E-state index contributed by atoms with van der Waals surface area (Å²) in [5.74, 6) is 0.0741. The van der Waals surface area contributed by atoms with E-state index >= 15 is 0 Å². The Balaban J connectivity index is 2.49. The second-order valence-corrected chi connectivity index (χ2v) is 4.51. The number of carbonyl (C=O) groups is 1. The number of Topliss-reactive ketones (excluding diaryl/α,β-unsaturated/α-hetero) is 1. The van der Waals surface area contributed by atoms with E-state index in [1.807, 2.05) is 49.4 Å². The molecule has 2 aromatic carbocycles. The fourth-order valence-electron chi connectivity index (χ4n) is 1.69. The van der Waals surface area contributed by atoms with Crippen LogP contribution in [-0.4, -0.2) is 5.78 Å². The summed E-state index contributed by atoms with van der Waals surface area (Å²) in [7, 11) is 0. The van der Waals surface area contributed by atoms with Gasteiger partial charge in [0.25, 0.3) is 0 Å². The Hall–Kier alpha value is -1.60. The maximum absolute atomic E-state index is 11.3. The highest BCUT2D eigenvalue weighted by Gasteiger charge is 2.04. The molecule has 2 aromatic rings. The molecule has 0 spiro atoms.